The van der Waals surface area contributed by atoms with Crippen molar-refractivity contribution in [2.75, 3.05) is 0 Å². The lowest BCUT2D eigenvalue weighted by Crippen LogP contribution is -1.93. The maximum Gasteiger partial charge on any atom is 0.178 e. The summed E-state index contributed by atoms with van der Waals surface area (Å²) in [5.74, 6) is 0. The minimum absolute atomic E-state index is 0.775. The largest absolute Gasteiger partial charge is 0.460 e. The third-order valence-electron chi connectivity index (χ3n) is 11.5. The van der Waals surface area contributed by atoms with Crippen molar-refractivity contribution >= 4 is 76.3 Å². The van der Waals surface area contributed by atoms with Crippen molar-refractivity contribution in [2.24, 2.45) is 0 Å². The second-order valence-corrected chi connectivity index (χ2v) is 14.4. The van der Waals surface area contributed by atoms with Gasteiger partial charge in [0.1, 0.15) is 5.58 Å². The Labute approximate surface area is 315 Å². The van der Waals surface area contributed by atoms with Crippen LogP contribution in [0.4, 0.5) is 0 Å². The Morgan fingerprint density at radius 2 is 0.964 bits per heavy atom. The number of fused-ring (bicyclic) bond motifs is 10. The summed E-state index contributed by atoms with van der Waals surface area (Å²) < 4.78 is 15.3. The third-order valence-corrected chi connectivity index (χ3v) is 11.5. The maximum atomic E-state index is 6.73. The SMILES string of the molecule is c1ccc(-c2coc3c2ccc2c4ccc(-c5c6ccccc6c(-c6cccc7c6c6ccccc6n7-c6ccccc6)c6ccccc56)cc4oc23)cc1. The average Bonchev–Trinajstić information content (AvgIpc) is 3.95. The number of furan rings is 2. The van der Waals surface area contributed by atoms with Crippen LogP contribution in [0.25, 0.3) is 115 Å². The molecule has 9 aromatic carbocycles. The molecule has 12 aromatic rings. The quantitative estimate of drug-likeness (QED) is 0.171. The van der Waals surface area contributed by atoms with Gasteiger partial charge in [-0.1, -0.05) is 133 Å². The van der Waals surface area contributed by atoms with Crippen LogP contribution in [-0.4, -0.2) is 4.57 Å². The van der Waals surface area contributed by atoms with E-state index in [4.69, 9.17) is 8.83 Å². The monoisotopic (exact) mass is 701 g/mol. The summed E-state index contributed by atoms with van der Waals surface area (Å²) in [6.45, 7) is 0. The van der Waals surface area contributed by atoms with Crippen molar-refractivity contribution in [3.05, 3.63) is 188 Å². The first-order valence-corrected chi connectivity index (χ1v) is 18.8. The third kappa shape index (κ3) is 4.32. The Hall–Kier alpha value is -7.36. The van der Waals surface area contributed by atoms with Crippen LogP contribution in [0, 0.1) is 0 Å². The molecule has 256 valence electrons. The zero-order valence-corrected chi connectivity index (χ0v) is 29.7. The van der Waals surface area contributed by atoms with E-state index in [1.54, 1.807) is 0 Å². The Bertz CT molecular complexity index is 3420. The first-order valence-electron chi connectivity index (χ1n) is 18.8. The summed E-state index contributed by atoms with van der Waals surface area (Å²) in [6.07, 6.45) is 1.85. The zero-order valence-electron chi connectivity index (χ0n) is 29.7. The van der Waals surface area contributed by atoms with Crippen LogP contribution in [0.1, 0.15) is 0 Å². The molecular weight excluding hydrogens is 671 g/mol. The van der Waals surface area contributed by atoms with Crippen molar-refractivity contribution in [1.29, 1.82) is 0 Å². The molecule has 0 bridgehead atoms. The first-order chi connectivity index (χ1) is 27.3. The van der Waals surface area contributed by atoms with Gasteiger partial charge in [-0.25, -0.2) is 0 Å². The van der Waals surface area contributed by atoms with E-state index < -0.39 is 0 Å². The normalized spacial score (nSPS) is 12.0. The van der Waals surface area contributed by atoms with E-state index >= 15 is 0 Å². The first kappa shape index (κ1) is 30.1. The van der Waals surface area contributed by atoms with Gasteiger partial charge < -0.3 is 13.4 Å². The molecule has 0 aliphatic heterocycles. The second kappa shape index (κ2) is 11.6. The molecule has 0 saturated heterocycles. The molecule has 0 aliphatic rings. The number of hydrogen-bond donors (Lipinski definition) is 0. The fourth-order valence-electron chi connectivity index (χ4n) is 9.14. The molecule has 3 heterocycles. The predicted octanol–water partition coefficient (Wildman–Crippen LogP) is 14.7. The molecular formula is C52H31NO2. The highest BCUT2D eigenvalue weighted by atomic mass is 16.4. The number of para-hydroxylation sites is 2. The topological polar surface area (TPSA) is 31.2 Å². The van der Waals surface area contributed by atoms with E-state index in [9.17, 15) is 0 Å². The van der Waals surface area contributed by atoms with Gasteiger partial charge in [0.05, 0.1) is 17.3 Å². The Kier molecular flexibility index (Phi) is 6.34. The van der Waals surface area contributed by atoms with E-state index in [-0.39, 0.29) is 0 Å². The molecule has 0 amide bonds. The van der Waals surface area contributed by atoms with E-state index in [2.05, 4.69) is 180 Å². The lowest BCUT2D eigenvalue weighted by atomic mass is 9.85. The number of benzene rings is 9. The number of hydrogen-bond acceptors (Lipinski definition) is 2. The highest BCUT2D eigenvalue weighted by molar-refractivity contribution is 6.27. The van der Waals surface area contributed by atoms with Crippen LogP contribution in [0.2, 0.25) is 0 Å². The van der Waals surface area contributed by atoms with E-state index in [1.165, 1.54) is 60.0 Å². The predicted molar refractivity (Wildman–Crippen MR) is 229 cm³/mol. The molecule has 0 fully saturated rings. The van der Waals surface area contributed by atoms with Gasteiger partial charge in [-0.05, 0) is 97.9 Å². The maximum absolute atomic E-state index is 6.73. The lowest BCUT2D eigenvalue weighted by Gasteiger charge is -2.18. The fourth-order valence-corrected chi connectivity index (χ4v) is 9.14. The summed E-state index contributed by atoms with van der Waals surface area (Å²) in [5, 5.41) is 10.5. The van der Waals surface area contributed by atoms with Crippen molar-refractivity contribution in [3.8, 4) is 39.1 Å². The zero-order chi connectivity index (χ0) is 36.0. The minimum Gasteiger partial charge on any atom is -0.460 e. The number of aromatic nitrogens is 1. The summed E-state index contributed by atoms with van der Waals surface area (Å²) in [5.41, 5.74) is 12.9. The van der Waals surface area contributed by atoms with E-state index in [1.807, 2.05) is 12.3 Å². The van der Waals surface area contributed by atoms with Crippen LogP contribution >= 0.6 is 0 Å². The summed E-state index contributed by atoms with van der Waals surface area (Å²) in [7, 11) is 0. The molecule has 0 saturated carbocycles. The Morgan fingerprint density at radius 1 is 0.364 bits per heavy atom. The van der Waals surface area contributed by atoms with Gasteiger partial charge in [0.2, 0.25) is 0 Å². The van der Waals surface area contributed by atoms with Crippen LogP contribution in [-0.2, 0) is 0 Å². The highest BCUT2D eigenvalue weighted by Crippen LogP contribution is 2.48. The minimum atomic E-state index is 0.775. The van der Waals surface area contributed by atoms with Gasteiger partial charge in [0.25, 0.3) is 0 Å². The van der Waals surface area contributed by atoms with Gasteiger partial charge >= 0.3 is 0 Å². The number of rotatable bonds is 4. The van der Waals surface area contributed by atoms with E-state index in [0.29, 0.717) is 0 Å². The second-order valence-electron chi connectivity index (χ2n) is 14.4. The average molecular weight is 702 g/mol. The Morgan fingerprint density at radius 3 is 1.71 bits per heavy atom. The fraction of sp³-hybridized carbons (Fsp3) is 0. The Balaban J connectivity index is 1.11. The van der Waals surface area contributed by atoms with Crippen molar-refractivity contribution < 1.29 is 8.83 Å². The van der Waals surface area contributed by atoms with Crippen molar-refractivity contribution in [1.82, 2.24) is 4.57 Å². The van der Waals surface area contributed by atoms with Crippen molar-refractivity contribution in [2.45, 2.75) is 0 Å². The summed E-state index contributed by atoms with van der Waals surface area (Å²) in [6, 6.07) is 65.4. The smallest absolute Gasteiger partial charge is 0.178 e. The van der Waals surface area contributed by atoms with E-state index in [0.717, 1.165) is 55.3 Å². The molecule has 0 atom stereocenters. The van der Waals surface area contributed by atoms with Gasteiger partial charge in [-0.3, -0.25) is 0 Å². The molecule has 0 spiro atoms. The van der Waals surface area contributed by atoms with Gasteiger partial charge in [0.15, 0.2) is 11.2 Å². The van der Waals surface area contributed by atoms with Gasteiger partial charge in [0, 0.05) is 38.2 Å². The highest BCUT2D eigenvalue weighted by Gasteiger charge is 2.22. The number of nitrogens with zero attached hydrogens (tertiary/aromatic N) is 1. The molecule has 3 heteroatoms. The molecule has 12 rings (SSSR count). The molecule has 55 heavy (non-hydrogen) atoms. The molecule has 0 radical (unpaired) electrons. The van der Waals surface area contributed by atoms with Crippen LogP contribution < -0.4 is 0 Å². The molecule has 0 N–H and O–H groups in total. The molecule has 0 aliphatic carbocycles. The standard InChI is InChI=1S/C52H31NO2/c1-3-14-32(15-4-1)44-31-54-51-41(44)29-28-40-35-27-26-33(30-47(35)55-52(40)51)48-36-18-7-9-20-38(36)49(39-21-10-8-19-37(39)48)43-23-13-25-46-50(43)42-22-11-12-24-45(42)53(46)34-16-5-2-6-17-34/h1-31H. The lowest BCUT2D eigenvalue weighted by molar-refractivity contribution is 0.600. The molecule has 3 nitrogen and oxygen atoms in total. The summed E-state index contributed by atoms with van der Waals surface area (Å²) >= 11 is 0. The summed E-state index contributed by atoms with van der Waals surface area (Å²) in [4.78, 5) is 0. The molecule has 0 unspecified atom stereocenters. The van der Waals surface area contributed by atoms with Gasteiger partial charge in [-0.15, -0.1) is 0 Å². The molecule has 3 aromatic heterocycles. The van der Waals surface area contributed by atoms with Crippen molar-refractivity contribution in [3.63, 3.8) is 0 Å². The van der Waals surface area contributed by atoms with Crippen LogP contribution in [0.5, 0.6) is 0 Å². The van der Waals surface area contributed by atoms with Crippen LogP contribution in [0.3, 0.4) is 0 Å². The van der Waals surface area contributed by atoms with Gasteiger partial charge in [-0.2, -0.15) is 0 Å². The van der Waals surface area contributed by atoms with Crippen LogP contribution in [0.15, 0.2) is 197 Å².